The van der Waals surface area contributed by atoms with E-state index < -0.39 is 22.5 Å². The Morgan fingerprint density at radius 3 is 2.44 bits per heavy atom. The van der Waals surface area contributed by atoms with Gasteiger partial charge < -0.3 is 19.1 Å². The number of nitrogens with zero attached hydrogens (tertiary/aromatic N) is 4. The van der Waals surface area contributed by atoms with Crippen LogP contribution in [0.1, 0.15) is 42.1 Å². The summed E-state index contributed by atoms with van der Waals surface area (Å²) in [6, 6.07) is 9.72. The van der Waals surface area contributed by atoms with Crippen molar-refractivity contribution in [3.63, 3.8) is 0 Å². The second-order valence-corrected chi connectivity index (χ2v) is 7.18. The lowest BCUT2D eigenvalue weighted by atomic mass is 9.96. The lowest BCUT2D eigenvalue weighted by Crippen LogP contribution is -2.33. The maximum atomic E-state index is 12.2. The van der Waals surface area contributed by atoms with E-state index >= 15 is 0 Å². The number of aromatic nitrogens is 2. The average molecular weight is 464 g/mol. The van der Waals surface area contributed by atoms with Crippen LogP contribution in [-0.2, 0) is 6.54 Å². The summed E-state index contributed by atoms with van der Waals surface area (Å²) in [6.07, 6.45) is 1.64. The summed E-state index contributed by atoms with van der Waals surface area (Å²) in [7, 11) is 0. The molecule has 1 saturated heterocycles. The average Bonchev–Trinajstić information content (AvgIpc) is 3.42. The molecule has 12 heteroatoms. The van der Waals surface area contributed by atoms with Gasteiger partial charge in [-0.05, 0) is 50.1 Å². The number of aryl methyl sites for hydroxylation is 1. The number of furan rings is 1. The van der Waals surface area contributed by atoms with Crippen molar-refractivity contribution in [3.8, 4) is 0 Å². The molecule has 32 heavy (non-hydrogen) atoms. The summed E-state index contributed by atoms with van der Waals surface area (Å²) in [5.74, 6) is -0.966. The second kappa shape index (κ2) is 9.69. The van der Waals surface area contributed by atoms with Gasteiger partial charge in [-0.3, -0.25) is 14.9 Å². The van der Waals surface area contributed by atoms with E-state index in [1.165, 1.54) is 10.7 Å². The summed E-state index contributed by atoms with van der Waals surface area (Å²) >= 11 is 0. The van der Waals surface area contributed by atoms with Gasteiger partial charge in [0.1, 0.15) is 4.92 Å². The molecule has 11 nitrogen and oxygen atoms in total. The minimum absolute atomic E-state index is 0. The monoisotopic (exact) mass is 463 g/mol. The summed E-state index contributed by atoms with van der Waals surface area (Å²) < 4.78 is 11.5. The molecule has 0 aliphatic carbocycles. The number of carbonyl (C=O) groups excluding carboxylic acids is 1. The number of nitrogens with one attached hydrogen (secondary N) is 1. The van der Waals surface area contributed by atoms with Crippen LogP contribution in [0.4, 0.5) is 17.3 Å². The molecule has 4 rings (SSSR count). The van der Waals surface area contributed by atoms with Crippen LogP contribution in [0.2, 0.25) is 0 Å². The standard InChI is InChI=1S/C20H21N5O6.ClH/c1-2-24-20(27)31-19(22-24)13-9-11-23(12-10-13)15-5-3-14(4-6-15)21-18(26)16-7-8-17(30-16)25(28)29;/h3-8,13H,2,9-12H2,1H3,(H,21,26);1H. The number of hydrogen-bond acceptors (Lipinski definition) is 8. The molecule has 3 aromatic rings. The molecule has 170 valence electrons. The van der Waals surface area contributed by atoms with E-state index in [0.29, 0.717) is 18.1 Å². The lowest BCUT2D eigenvalue weighted by Gasteiger charge is -2.32. The van der Waals surface area contributed by atoms with Crippen molar-refractivity contribution in [2.45, 2.75) is 32.2 Å². The van der Waals surface area contributed by atoms with Crippen LogP contribution in [0.25, 0.3) is 0 Å². The zero-order chi connectivity index (χ0) is 22.0. The summed E-state index contributed by atoms with van der Waals surface area (Å²) in [4.78, 5) is 36.0. The van der Waals surface area contributed by atoms with E-state index in [0.717, 1.165) is 37.7 Å². The third-order valence-corrected chi connectivity index (χ3v) is 5.25. The van der Waals surface area contributed by atoms with Gasteiger partial charge in [0.25, 0.3) is 5.91 Å². The minimum atomic E-state index is -0.697. The third kappa shape index (κ3) is 4.83. The van der Waals surface area contributed by atoms with Gasteiger partial charge >= 0.3 is 11.6 Å². The molecule has 3 heterocycles. The number of rotatable bonds is 6. The highest BCUT2D eigenvalue weighted by Crippen LogP contribution is 2.29. The Labute approximate surface area is 188 Å². The SMILES string of the molecule is CCn1nc(C2CCN(c3ccc(NC(=O)c4ccc([N+](=O)[O-])o4)cc3)CC2)oc1=O.Cl. The fourth-order valence-electron chi connectivity index (χ4n) is 3.57. The maximum Gasteiger partial charge on any atom is 0.437 e. The number of nitro groups is 1. The molecule has 1 amide bonds. The van der Waals surface area contributed by atoms with E-state index in [-0.39, 0.29) is 24.1 Å². The molecule has 0 atom stereocenters. The van der Waals surface area contributed by atoms with Crippen molar-refractivity contribution in [2.75, 3.05) is 23.3 Å². The summed E-state index contributed by atoms with van der Waals surface area (Å²) in [6.45, 7) is 3.91. The molecular weight excluding hydrogens is 442 g/mol. The van der Waals surface area contributed by atoms with Crippen molar-refractivity contribution < 1.29 is 18.6 Å². The van der Waals surface area contributed by atoms with Gasteiger partial charge in [0.15, 0.2) is 5.76 Å². The van der Waals surface area contributed by atoms with Crippen LogP contribution < -0.4 is 16.0 Å². The Bertz CT molecular complexity index is 1140. The van der Waals surface area contributed by atoms with Gasteiger partial charge in [-0.2, -0.15) is 4.68 Å². The zero-order valence-electron chi connectivity index (χ0n) is 17.2. The Morgan fingerprint density at radius 2 is 1.88 bits per heavy atom. The number of hydrogen-bond donors (Lipinski definition) is 1. The first-order chi connectivity index (χ1) is 14.9. The van der Waals surface area contributed by atoms with Crippen molar-refractivity contribution in [2.24, 2.45) is 0 Å². The molecule has 1 fully saturated rings. The molecule has 1 N–H and O–H groups in total. The highest BCUT2D eigenvalue weighted by Gasteiger charge is 2.25. The lowest BCUT2D eigenvalue weighted by molar-refractivity contribution is -0.402. The number of benzene rings is 1. The largest absolute Gasteiger partial charge is 0.437 e. The number of carbonyl (C=O) groups is 1. The third-order valence-electron chi connectivity index (χ3n) is 5.25. The number of anilines is 2. The predicted molar refractivity (Wildman–Crippen MR) is 118 cm³/mol. The maximum absolute atomic E-state index is 12.2. The zero-order valence-corrected chi connectivity index (χ0v) is 18.0. The van der Waals surface area contributed by atoms with Gasteiger partial charge in [-0.1, -0.05) is 0 Å². The van der Waals surface area contributed by atoms with E-state index in [1.807, 2.05) is 19.1 Å². The van der Waals surface area contributed by atoms with Crippen LogP contribution in [0.15, 0.2) is 50.0 Å². The smallest absolute Gasteiger partial charge is 0.395 e. The van der Waals surface area contributed by atoms with E-state index in [9.17, 15) is 19.7 Å². The molecule has 1 aromatic carbocycles. The fraction of sp³-hybridized carbons (Fsp3) is 0.350. The summed E-state index contributed by atoms with van der Waals surface area (Å²) in [5, 5.41) is 17.6. The van der Waals surface area contributed by atoms with E-state index in [2.05, 4.69) is 15.3 Å². The quantitative estimate of drug-likeness (QED) is 0.433. The van der Waals surface area contributed by atoms with Gasteiger partial charge in [0.05, 0.1) is 6.07 Å². The van der Waals surface area contributed by atoms with Crippen molar-refractivity contribution >= 4 is 35.6 Å². The van der Waals surface area contributed by atoms with E-state index in [4.69, 9.17) is 8.83 Å². The highest BCUT2D eigenvalue weighted by molar-refractivity contribution is 6.02. The summed E-state index contributed by atoms with van der Waals surface area (Å²) in [5.41, 5.74) is 1.56. The first-order valence-electron chi connectivity index (χ1n) is 9.93. The van der Waals surface area contributed by atoms with Gasteiger partial charge in [0, 0.05) is 36.9 Å². The van der Waals surface area contributed by atoms with Crippen LogP contribution in [0, 0.1) is 10.1 Å². The number of piperidine rings is 1. The molecular formula is C20H22ClN5O6. The van der Waals surface area contributed by atoms with Crippen molar-refractivity contribution in [1.82, 2.24) is 9.78 Å². The molecule has 2 aromatic heterocycles. The molecule has 0 bridgehead atoms. The van der Waals surface area contributed by atoms with Crippen molar-refractivity contribution in [3.05, 3.63) is 68.7 Å². The van der Waals surface area contributed by atoms with Crippen LogP contribution in [-0.4, -0.2) is 33.7 Å². The molecule has 1 aliphatic heterocycles. The highest BCUT2D eigenvalue weighted by atomic mass is 35.5. The minimum Gasteiger partial charge on any atom is -0.395 e. The molecule has 0 unspecified atom stereocenters. The van der Waals surface area contributed by atoms with E-state index in [1.54, 1.807) is 12.1 Å². The Hall–Kier alpha value is -3.60. The van der Waals surface area contributed by atoms with Crippen molar-refractivity contribution in [1.29, 1.82) is 0 Å². The fourth-order valence-corrected chi connectivity index (χ4v) is 3.57. The van der Waals surface area contributed by atoms with Crippen LogP contribution in [0.3, 0.4) is 0 Å². The first-order valence-corrected chi connectivity index (χ1v) is 9.93. The molecule has 0 spiro atoms. The number of halogens is 1. The van der Waals surface area contributed by atoms with Gasteiger partial charge in [-0.15, -0.1) is 17.5 Å². The Balaban J connectivity index is 0.00000289. The predicted octanol–water partition coefficient (Wildman–Crippen LogP) is 3.42. The molecule has 0 saturated carbocycles. The van der Waals surface area contributed by atoms with Gasteiger partial charge in [-0.25, -0.2) is 4.79 Å². The molecule has 1 aliphatic rings. The normalized spacial score (nSPS) is 14.1. The topological polar surface area (TPSA) is 137 Å². The Kier molecular flexibility index (Phi) is 6.98. The first kappa shape index (κ1) is 23.1. The van der Waals surface area contributed by atoms with Crippen LogP contribution >= 0.6 is 12.4 Å². The number of amides is 1. The second-order valence-electron chi connectivity index (χ2n) is 7.18. The molecule has 0 radical (unpaired) electrons. The van der Waals surface area contributed by atoms with Crippen LogP contribution in [0.5, 0.6) is 0 Å². The van der Waals surface area contributed by atoms with Gasteiger partial charge in [0.2, 0.25) is 5.89 Å². The Morgan fingerprint density at radius 1 is 1.19 bits per heavy atom.